The highest BCUT2D eigenvalue weighted by Gasteiger charge is 2.25. The summed E-state index contributed by atoms with van der Waals surface area (Å²) in [4.78, 5) is -0.713. The minimum Gasteiger partial charge on any atom is -0.459 e. The maximum absolute atomic E-state index is 13.5. The largest absolute Gasteiger partial charge is 0.459 e. The molecular formula is C18H12F2N2O3S. The molecule has 0 unspecified atom stereocenters. The quantitative estimate of drug-likeness (QED) is 0.745. The molecule has 8 heteroatoms. The lowest BCUT2D eigenvalue weighted by atomic mass is 10.0. The Morgan fingerprint density at radius 2 is 1.77 bits per heavy atom. The number of hydrogen-bond acceptors (Lipinski definition) is 5. The van der Waals surface area contributed by atoms with Crippen molar-refractivity contribution in [1.29, 1.82) is 5.26 Å². The number of hydrogen-bond donors (Lipinski definition) is 1. The standard InChI is InChI=1S/C18H12F2N2O3S/c19-11-4-12(20)6-14(5-11)26(23,24)13-3-10(8-21)18-15(7-13)16-9-22-2-1-17(16)25-18/h3-7,22H,1-2,9H2. The number of fused-ring (bicyclic) bond motifs is 3. The minimum atomic E-state index is -4.21. The molecule has 0 aliphatic carbocycles. The third-order valence-corrected chi connectivity index (χ3v) is 6.07. The Bertz CT molecular complexity index is 1170. The first-order chi connectivity index (χ1) is 12.4. The van der Waals surface area contributed by atoms with E-state index in [4.69, 9.17) is 4.42 Å². The fourth-order valence-electron chi connectivity index (χ4n) is 3.14. The Morgan fingerprint density at radius 1 is 1.08 bits per heavy atom. The number of furan rings is 1. The van der Waals surface area contributed by atoms with Crippen LogP contribution in [0.1, 0.15) is 16.9 Å². The molecule has 0 saturated heterocycles. The van der Waals surface area contributed by atoms with Gasteiger partial charge in [0, 0.05) is 36.5 Å². The third kappa shape index (κ3) is 2.57. The van der Waals surface area contributed by atoms with E-state index in [1.54, 1.807) is 0 Å². The fraction of sp³-hybridized carbons (Fsp3) is 0.167. The van der Waals surface area contributed by atoms with Crippen LogP contribution in [0.5, 0.6) is 0 Å². The Hall–Kier alpha value is -2.76. The van der Waals surface area contributed by atoms with Gasteiger partial charge in [0.05, 0.1) is 15.4 Å². The lowest BCUT2D eigenvalue weighted by molar-refractivity contribution is 0.500. The van der Waals surface area contributed by atoms with Gasteiger partial charge in [0.2, 0.25) is 9.84 Å². The number of sulfone groups is 1. The summed E-state index contributed by atoms with van der Waals surface area (Å²) in [5.41, 5.74) is 1.18. The lowest BCUT2D eigenvalue weighted by Crippen LogP contribution is -2.22. The van der Waals surface area contributed by atoms with Crippen molar-refractivity contribution in [3.05, 3.63) is 58.9 Å². The molecule has 132 valence electrons. The molecule has 26 heavy (non-hydrogen) atoms. The van der Waals surface area contributed by atoms with E-state index in [1.807, 2.05) is 6.07 Å². The van der Waals surface area contributed by atoms with Crippen LogP contribution in [0.2, 0.25) is 0 Å². The van der Waals surface area contributed by atoms with E-state index in [9.17, 15) is 22.5 Å². The molecule has 5 nitrogen and oxygen atoms in total. The summed E-state index contributed by atoms with van der Waals surface area (Å²) in [6.45, 7) is 1.22. The van der Waals surface area contributed by atoms with Crippen molar-refractivity contribution in [2.75, 3.05) is 6.54 Å². The first kappa shape index (κ1) is 16.7. The Labute approximate surface area is 147 Å². The average Bonchev–Trinajstić information content (AvgIpc) is 2.98. The van der Waals surface area contributed by atoms with Crippen LogP contribution in [-0.2, 0) is 22.8 Å². The van der Waals surface area contributed by atoms with Gasteiger partial charge < -0.3 is 9.73 Å². The van der Waals surface area contributed by atoms with Crippen molar-refractivity contribution >= 4 is 20.8 Å². The molecule has 1 aliphatic rings. The maximum atomic E-state index is 13.5. The molecule has 0 amide bonds. The van der Waals surface area contributed by atoms with Gasteiger partial charge in [-0.3, -0.25) is 0 Å². The maximum Gasteiger partial charge on any atom is 0.206 e. The zero-order chi connectivity index (χ0) is 18.5. The molecule has 3 aromatic rings. The van der Waals surface area contributed by atoms with Crippen molar-refractivity contribution < 1.29 is 21.6 Å². The predicted molar refractivity (Wildman–Crippen MR) is 88.1 cm³/mol. The second-order valence-electron chi connectivity index (χ2n) is 6.00. The third-order valence-electron chi connectivity index (χ3n) is 4.36. The molecule has 1 N–H and O–H groups in total. The molecule has 0 bridgehead atoms. The van der Waals surface area contributed by atoms with Gasteiger partial charge in [-0.15, -0.1) is 0 Å². The Kier molecular flexibility index (Phi) is 3.79. The SMILES string of the molecule is N#Cc1cc(S(=O)(=O)c2cc(F)cc(F)c2)cc2c3c(oc12)CCNC3. The van der Waals surface area contributed by atoms with Crippen LogP contribution in [0.3, 0.4) is 0 Å². The minimum absolute atomic E-state index is 0.0624. The van der Waals surface area contributed by atoms with Gasteiger partial charge in [-0.1, -0.05) is 0 Å². The van der Waals surface area contributed by atoms with Crippen molar-refractivity contribution in [3.8, 4) is 6.07 Å². The van der Waals surface area contributed by atoms with Crippen LogP contribution >= 0.6 is 0 Å². The number of benzene rings is 2. The number of nitriles is 1. The summed E-state index contributed by atoms with van der Waals surface area (Å²) >= 11 is 0. The van der Waals surface area contributed by atoms with Gasteiger partial charge in [0.15, 0.2) is 5.58 Å². The summed E-state index contributed by atoms with van der Waals surface area (Å²) in [7, 11) is -4.21. The molecule has 0 spiro atoms. The van der Waals surface area contributed by atoms with Crippen molar-refractivity contribution in [2.45, 2.75) is 22.8 Å². The highest BCUT2D eigenvalue weighted by atomic mass is 32.2. The van der Waals surface area contributed by atoms with Gasteiger partial charge in [0.25, 0.3) is 0 Å². The normalized spacial score (nSPS) is 14.2. The molecule has 1 aliphatic heterocycles. The first-order valence-electron chi connectivity index (χ1n) is 7.80. The Morgan fingerprint density at radius 3 is 2.46 bits per heavy atom. The smallest absolute Gasteiger partial charge is 0.206 e. The van der Waals surface area contributed by atoms with Gasteiger partial charge in [-0.25, -0.2) is 17.2 Å². The number of halogens is 2. The molecule has 0 saturated carbocycles. The number of rotatable bonds is 2. The van der Waals surface area contributed by atoms with Crippen LogP contribution in [0, 0.1) is 23.0 Å². The summed E-state index contributed by atoms with van der Waals surface area (Å²) in [6, 6.07) is 6.60. The first-order valence-corrected chi connectivity index (χ1v) is 9.29. The average molecular weight is 374 g/mol. The molecule has 4 rings (SSSR count). The van der Waals surface area contributed by atoms with E-state index in [0.717, 1.165) is 24.2 Å². The summed E-state index contributed by atoms with van der Waals surface area (Å²) in [5, 5.41) is 13.1. The summed E-state index contributed by atoms with van der Waals surface area (Å²) < 4.78 is 58.4. The van der Waals surface area contributed by atoms with Crippen molar-refractivity contribution in [3.63, 3.8) is 0 Å². The highest BCUT2D eigenvalue weighted by molar-refractivity contribution is 7.91. The van der Waals surface area contributed by atoms with Crippen molar-refractivity contribution in [1.82, 2.24) is 5.32 Å². The van der Waals surface area contributed by atoms with Gasteiger partial charge in [-0.2, -0.15) is 5.26 Å². The van der Waals surface area contributed by atoms with E-state index in [-0.39, 0.29) is 10.5 Å². The predicted octanol–water partition coefficient (Wildman–Crippen LogP) is 3.06. The van der Waals surface area contributed by atoms with Gasteiger partial charge in [-0.05, 0) is 24.3 Å². The number of nitrogens with one attached hydrogen (secondary N) is 1. The fourth-order valence-corrected chi connectivity index (χ4v) is 4.49. The molecule has 2 aromatic carbocycles. The van der Waals surface area contributed by atoms with Crippen LogP contribution < -0.4 is 5.32 Å². The van der Waals surface area contributed by atoms with E-state index in [2.05, 4.69) is 5.32 Å². The molecule has 2 heterocycles. The molecular weight excluding hydrogens is 362 g/mol. The molecule has 0 radical (unpaired) electrons. The summed E-state index contributed by atoms with van der Waals surface area (Å²) in [5.74, 6) is -1.27. The highest BCUT2D eigenvalue weighted by Crippen LogP contribution is 2.34. The lowest BCUT2D eigenvalue weighted by Gasteiger charge is -2.11. The van der Waals surface area contributed by atoms with Crippen LogP contribution in [0.25, 0.3) is 11.0 Å². The summed E-state index contributed by atoms with van der Waals surface area (Å²) in [6.07, 6.45) is 0.631. The number of nitrogens with zero attached hydrogens (tertiary/aromatic N) is 1. The zero-order valence-corrected chi connectivity index (χ0v) is 14.2. The molecule has 0 atom stereocenters. The van der Waals surface area contributed by atoms with Crippen LogP contribution in [0.4, 0.5) is 8.78 Å². The van der Waals surface area contributed by atoms with Crippen LogP contribution in [-0.4, -0.2) is 15.0 Å². The topological polar surface area (TPSA) is 83.1 Å². The Balaban J connectivity index is 1.98. The van der Waals surface area contributed by atoms with Crippen LogP contribution in [0.15, 0.2) is 44.5 Å². The monoisotopic (exact) mass is 374 g/mol. The van der Waals surface area contributed by atoms with Crippen molar-refractivity contribution in [2.24, 2.45) is 0 Å². The second-order valence-corrected chi connectivity index (χ2v) is 7.95. The van der Waals surface area contributed by atoms with E-state index in [0.29, 0.717) is 35.8 Å². The molecule has 1 aromatic heterocycles. The van der Waals surface area contributed by atoms with E-state index in [1.165, 1.54) is 12.1 Å². The second kappa shape index (κ2) is 5.90. The van der Waals surface area contributed by atoms with E-state index < -0.39 is 26.4 Å². The van der Waals surface area contributed by atoms with E-state index >= 15 is 0 Å². The van der Waals surface area contributed by atoms with Gasteiger partial charge in [0.1, 0.15) is 23.5 Å². The molecule has 0 fully saturated rings. The van der Waals surface area contributed by atoms with Gasteiger partial charge >= 0.3 is 0 Å². The zero-order valence-electron chi connectivity index (χ0n) is 13.3.